The van der Waals surface area contributed by atoms with Gasteiger partial charge in [-0.15, -0.1) is 24.8 Å². The predicted molar refractivity (Wildman–Crippen MR) is 114 cm³/mol. The summed E-state index contributed by atoms with van der Waals surface area (Å²) >= 11 is 0. The van der Waals surface area contributed by atoms with E-state index in [1.54, 1.807) is 0 Å². The number of amides is 1. The molecule has 26 heavy (non-hydrogen) atoms. The Morgan fingerprint density at radius 2 is 1.81 bits per heavy atom. The highest BCUT2D eigenvalue weighted by Crippen LogP contribution is 2.18. The van der Waals surface area contributed by atoms with Gasteiger partial charge >= 0.3 is 0 Å². The maximum Gasteiger partial charge on any atom is 0.221 e. The number of piperidine rings is 1. The van der Waals surface area contributed by atoms with Gasteiger partial charge in [0, 0.05) is 19.0 Å². The number of nitrogens with zero attached hydrogens (tertiary/aromatic N) is 1. The molecule has 1 aromatic rings. The normalized spacial score (nSPS) is 16.5. The smallest absolute Gasteiger partial charge is 0.221 e. The van der Waals surface area contributed by atoms with Crippen molar-refractivity contribution in [2.24, 2.45) is 17.6 Å². The lowest BCUT2D eigenvalue weighted by Crippen LogP contribution is -2.39. The maximum atomic E-state index is 12.1. The summed E-state index contributed by atoms with van der Waals surface area (Å²) in [6.45, 7) is 8.89. The summed E-state index contributed by atoms with van der Waals surface area (Å²) < 4.78 is 0. The molecule has 0 bridgehead atoms. The van der Waals surface area contributed by atoms with Crippen molar-refractivity contribution >= 4 is 30.7 Å². The Balaban J connectivity index is 0.00000312. The third-order valence-corrected chi connectivity index (χ3v) is 4.95. The monoisotopic (exact) mass is 403 g/mol. The van der Waals surface area contributed by atoms with Crippen molar-refractivity contribution in [3.63, 3.8) is 0 Å². The Hall–Kier alpha value is -0.810. The number of nitrogens with two attached hydrogens (primary N) is 1. The van der Waals surface area contributed by atoms with Gasteiger partial charge in [0.2, 0.25) is 5.91 Å². The molecule has 0 radical (unpaired) electrons. The van der Waals surface area contributed by atoms with Crippen LogP contribution in [0, 0.1) is 11.8 Å². The molecule has 1 aromatic carbocycles. The van der Waals surface area contributed by atoms with Gasteiger partial charge in [0.15, 0.2) is 0 Å². The summed E-state index contributed by atoms with van der Waals surface area (Å²) in [6, 6.07) is 9.61. The average molecular weight is 404 g/mol. The molecular weight excluding hydrogens is 369 g/mol. The van der Waals surface area contributed by atoms with Gasteiger partial charge in [-0.05, 0) is 56.3 Å². The molecule has 1 aliphatic heterocycles. The summed E-state index contributed by atoms with van der Waals surface area (Å²) in [5.41, 5.74) is 7.13. The molecule has 1 fully saturated rings. The Labute approximate surface area is 171 Å². The van der Waals surface area contributed by atoms with Crippen LogP contribution in [0.2, 0.25) is 0 Å². The predicted octanol–water partition coefficient (Wildman–Crippen LogP) is 3.79. The Morgan fingerprint density at radius 3 is 2.38 bits per heavy atom. The maximum absolute atomic E-state index is 12.1. The lowest BCUT2D eigenvalue weighted by molar-refractivity contribution is -0.121. The summed E-state index contributed by atoms with van der Waals surface area (Å²) in [6.07, 6.45) is 4.00. The third-order valence-electron chi connectivity index (χ3n) is 4.95. The van der Waals surface area contributed by atoms with E-state index in [-0.39, 0.29) is 36.8 Å². The molecule has 1 amide bonds. The van der Waals surface area contributed by atoms with E-state index in [1.807, 2.05) is 30.3 Å². The number of carbonyl (C=O) groups is 1. The highest BCUT2D eigenvalue weighted by Gasteiger charge is 2.20. The standard InChI is InChI=1S/C20H33N3O.2ClH/c1-16(2)8-11-23-12-9-17(10-13-23)15-22-20(24)14-19(21)18-6-4-3-5-7-18;;/h3-7,16-17,19H,8-15,21H2,1-2H3,(H,22,24);2*1H. The lowest BCUT2D eigenvalue weighted by atomic mass is 9.96. The van der Waals surface area contributed by atoms with Gasteiger partial charge in [-0.1, -0.05) is 44.2 Å². The van der Waals surface area contributed by atoms with Crippen molar-refractivity contribution in [2.45, 2.75) is 45.6 Å². The first-order valence-electron chi connectivity index (χ1n) is 9.34. The molecule has 1 unspecified atom stereocenters. The van der Waals surface area contributed by atoms with Gasteiger partial charge in [0.1, 0.15) is 0 Å². The zero-order chi connectivity index (χ0) is 17.4. The number of likely N-dealkylation sites (tertiary alicyclic amines) is 1. The van der Waals surface area contributed by atoms with E-state index in [0.717, 1.165) is 31.1 Å². The van der Waals surface area contributed by atoms with Crippen LogP contribution >= 0.6 is 24.8 Å². The number of rotatable bonds is 8. The van der Waals surface area contributed by atoms with E-state index >= 15 is 0 Å². The molecule has 150 valence electrons. The molecule has 0 saturated carbocycles. The zero-order valence-corrected chi connectivity index (χ0v) is 17.7. The van der Waals surface area contributed by atoms with E-state index < -0.39 is 0 Å². The largest absolute Gasteiger partial charge is 0.356 e. The van der Waals surface area contributed by atoms with Crippen LogP contribution in [0.3, 0.4) is 0 Å². The number of hydrogen-bond donors (Lipinski definition) is 2. The summed E-state index contributed by atoms with van der Waals surface area (Å²) in [5, 5.41) is 3.08. The number of nitrogens with one attached hydrogen (secondary N) is 1. The molecule has 1 heterocycles. The first-order valence-corrected chi connectivity index (χ1v) is 9.34. The van der Waals surface area contributed by atoms with Gasteiger partial charge in [0.05, 0.1) is 0 Å². The number of benzene rings is 1. The molecule has 1 atom stereocenters. The van der Waals surface area contributed by atoms with Gasteiger partial charge in [-0.3, -0.25) is 4.79 Å². The molecule has 3 N–H and O–H groups in total. The average Bonchev–Trinajstić information content (AvgIpc) is 2.59. The topological polar surface area (TPSA) is 58.4 Å². The van der Waals surface area contributed by atoms with Gasteiger partial charge in [-0.2, -0.15) is 0 Å². The van der Waals surface area contributed by atoms with Crippen molar-refractivity contribution in [3.05, 3.63) is 35.9 Å². The second-order valence-electron chi connectivity index (χ2n) is 7.49. The number of hydrogen-bond acceptors (Lipinski definition) is 3. The van der Waals surface area contributed by atoms with Crippen LogP contribution in [0.4, 0.5) is 0 Å². The second kappa shape index (κ2) is 13.4. The first-order chi connectivity index (χ1) is 11.5. The van der Waals surface area contributed by atoms with E-state index in [1.165, 1.54) is 25.8 Å². The fraction of sp³-hybridized carbons (Fsp3) is 0.650. The highest BCUT2D eigenvalue weighted by molar-refractivity contribution is 5.85. The van der Waals surface area contributed by atoms with Crippen molar-refractivity contribution in [1.29, 1.82) is 0 Å². The molecule has 0 aliphatic carbocycles. The SMILES string of the molecule is CC(C)CCN1CCC(CNC(=O)CC(N)c2ccccc2)CC1.Cl.Cl. The number of carbonyl (C=O) groups excluding carboxylic acids is 1. The van der Waals surface area contributed by atoms with Crippen LogP contribution in [0.15, 0.2) is 30.3 Å². The highest BCUT2D eigenvalue weighted by atomic mass is 35.5. The minimum atomic E-state index is -0.218. The van der Waals surface area contributed by atoms with E-state index in [2.05, 4.69) is 24.1 Å². The summed E-state index contributed by atoms with van der Waals surface area (Å²) in [7, 11) is 0. The Kier molecular flexibility index (Phi) is 13.0. The number of halogens is 2. The Morgan fingerprint density at radius 1 is 1.19 bits per heavy atom. The molecule has 0 aromatic heterocycles. The van der Waals surface area contributed by atoms with Crippen molar-refractivity contribution in [3.8, 4) is 0 Å². The van der Waals surface area contributed by atoms with Crippen molar-refractivity contribution < 1.29 is 4.79 Å². The molecule has 2 rings (SSSR count). The summed E-state index contributed by atoms with van der Waals surface area (Å²) in [5.74, 6) is 1.45. The van der Waals surface area contributed by atoms with Gasteiger partial charge < -0.3 is 16.0 Å². The Bertz CT molecular complexity index is 491. The molecular formula is C20H35Cl2N3O. The van der Waals surface area contributed by atoms with Crippen LogP contribution < -0.4 is 11.1 Å². The minimum absolute atomic E-state index is 0. The van der Waals surface area contributed by atoms with Gasteiger partial charge in [0.25, 0.3) is 0 Å². The van der Waals surface area contributed by atoms with E-state index in [0.29, 0.717) is 12.3 Å². The molecule has 6 heteroatoms. The van der Waals surface area contributed by atoms with Crippen LogP contribution in [0.1, 0.15) is 51.1 Å². The molecule has 1 aliphatic rings. The zero-order valence-electron chi connectivity index (χ0n) is 16.0. The summed E-state index contributed by atoms with van der Waals surface area (Å²) in [4.78, 5) is 14.7. The quantitative estimate of drug-likeness (QED) is 0.693. The lowest BCUT2D eigenvalue weighted by Gasteiger charge is -2.32. The minimum Gasteiger partial charge on any atom is -0.356 e. The van der Waals surface area contributed by atoms with Crippen LogP contribution in [0.25, 0.3) is 0 Å². The fourth-order valence-corrected chi connectivity index (χ4v) is 3.20. The fourth-order valence-electron chi connectivity index (χ4n) is 3.20. The first kappa shape index (κ1) is 25.2. The van der Waals surface area contributed by atoms with Crippen LogP contribution in [0.5, 0.6) is 0 Å². The van der Waals surface area contributed by atoms with Crippen molar-refractivity contribution in [2.75, 3.05) is 26.2 Å². The van der Waals surface area contributed by atoms with Crippen LogP contribution in [-0.4, -0.2) is 37.0 Å². The van der Waals surface area contributed by atoms with Crippen molar-refractivity contribution in [1.82, 2.24) is 10.2 Å². The van der Waals surface area contributed by atoms with E-state index in [9.17, 15) is 4.79 Å². The molecule has 1 saturated heterocycles. The van der Waals surface area contributed by atoms with Crippen LogP contribution in [-0.2, 0) is 4.79 Å². The van der Waals surface area contributed by atoms with Gasteiger partial charge in [-0.25, -0.2) is 0 Å². The molecule has 4 nitrogen and oxygen atoms in total. The second-order valence-corrected chi connectivity index (χ2v) is 7.49. The third kappa shape index (κ3) is 9.22. The molecule has 0 spiro atoms. The van der Waals surface area contributed by atoms with E-state index in [4.69, 9.17) is 5.73 Å².